The van der Waals surface area contributed by atoms with Crippen molar-refractivity contribution in [1.29, 1.82) is 0 Å². The van der Waals surface area contributed by atoms with Crippen LogP contribution in [0.5, 0.6) is 0 Å². The number of fused-ring (bicyclic) bond motifs is 1. The molecule has 1 aromatic carbocycles. The molecule has 0 amide bonds. The van der Waals surface area contributed by atoms with Crippen LogP contribution in [0.15, 0.2) is 30.6 Å². The zero-order chi connectivity index (χ0) is 19.3. The molecule has 1 aliphatic carbocycles. The molecule has 10 heteroatoms. The molecule has 6 nitrogen and oxygen atoms in total. The van der Waals surface area contributed by atoms with Crippen LogP contribution in [0, 0.1) is 16.3 Å². The van der Waals surface area contributed by atoms with Gasteiger partial charge in [-0.2, -0.15) is 0 Å². The van der Waals surface area contributed by atoms with Crippen molar-refractivity contribution in [2.45, 2.75) is 25.0 Å². The number of aromatic nitrogens is 2. The summed E-state index contributed by atoms with van der Waals surface area (Å²) in [6, 6.07) is 4.71. The molecule has 0 aliphatic heterocycles. The van der Waals surface area contributed by atoms with Gasteiger partial charge in [-0.05, 0) is 60.6 Å². The minimum absolute atomic E-state index is 0.199. The Morgan fingerprint density at radius 1 is 1.33 bits per heavy atom. The maximum atomic E-state index is 14.3. The molecule has 0 radical (unpaired) electrons. The number of halogens is 3. The average molecular weight is 521 g/mol. The predicted molar refractivity (Wildman–Crippen MR) is 113 cm³/mol. The van der Waals surface area contributed by atoms with Gasteiger partial charge in [0.15, 0.2) is 0 Å². The Bertz CT molecular complexity index is 1160. The van der Waals surface area contributed by atoms with Crippen LogP contribution < -0.4 is 10.0 Å². The van der Waals surface area contributed by atoms with Crippen molar-refractivity contribution in [2.24, 2.45) is 0 Å². The van der Waals surface area contributed by atoms with E-state index < -0.39 is 21.1 Å². The van der Waals surface area contributed by atoms with Gasteiger partial charge in [0.05, 0.1) is 39.0 Å². The van der Waals surface area contributed by atoms with Gasteiger partial charge in [0.25, 0.3) is 0 Å². The van der Waals surface area contributed by atoms with Gasteiger partial charge < -0.3 is 9.72 Å². The van der Waals surface area contributed by atoms with Crippen LogP contribution in [0.1, 0.15) is 18.7 Å². The molecule has 4 rings (SSSR count). The Kier molecular flexibility index (Phi) is 4.71. The van der Waals surface area contributed by atoms with Crippen molar-refractivity contribution in [2.75, 3.05) is 10.0 Å². The number of nitrogens with zero attached hydrogens (tertiary/aromatic N) is 2. The molecule has 1 fully saturated rings. The predicted octanol–water partition coefficient (Wildman–Crippen LogP) is 4.69. The average Bonchev–Trinajstić information content (AvgIpc) is 3.39. The molecule has 3 aromatic rings. The van der Waals surface area contributed by atoms with Crippen molar-refractivity contribution in [3.8, 4) is 0 Å². The number of pyridine rings is 1. The highest BCUT2D eigenvalue weighted by Gasteiger charge is 2.36. The first kappa shape index (κ1) is 18.8. The Morgan fingerprint density at radius 3 is 2.74 bits per heavy atom. The summed E-state index contributed by atoms with van der Waals surface area (Å²) < 4.78 is 44.3. The van der Waals surface area contributed by atoms with Crippen LogP contribution in [-0.4, -0.2) is 23.1 Å². The number of hydrogen-bond acceptors (Lipinski definition) is 4. The summed E-state index contributed by atoms with van der Waals surface area (Å²) >= 11 is 8.55. The lowest BCUT2D eigenvalue weighted by Crippen LogP contribution is -2.19. The van der Waals surface area contributed by atoms with Gasteiger partial charge in [-0.1, -0.05) is 11.6 Å². The molecular weight excluding hydrogens is 506 g/mol. The summed E-state index contributed by atoms with van der Waals surface area (Å²) in [5.74, 6) is 0.198. The fraction of sp³-hybridized carbons (Fsp3) is 0.235. The summed E-state index contributed by atoms with van der Waals surface area (Å²) in [4.78, 5) is 4.22. The second kappa shape index (κ2) is 6.78. The summed E-state index contributed by atoms with van der Waals surface area (Å²) in [5, 5.41) is 2.79. The van der Waals surface area contributed by atoms with E-state index in [-0.39, 0.29) is 22.1 Å². The van der Waals surface area contributed by atoms with E-state index in [1.165, 1.54) is 6.07 Å². The molecule has 2 aromatic heterocycles. The Hall–Kier alpha value is -1.59. The van der Waals surface area contributed by atoms with E-state index in [1.54, 1.807) is 35.9 Å². The number of hydrogen-bond donors (Lipinski definition) is 2. The zero-order valence-corrected chi connectivity index (χ0v) is 17.9. The molecule has 1 aliphatic rings. The van der Waals surface area contributed by atoms with Gasteiger partial charge in [0, 0.05) is 9.77 Å². The van der Waals surface area contributed by atoms with Gasteiger partial charge in [-0.3, -0.25) is 4.72 Å². The first-order valence-electron chi connectivity index (χ1n) is 8.16. The lowest BCUT2D eigenvalue weighted by atomic mass is 10.2. The smallest absolute Gasteiger partial charge is 0.235 e. The molecule has 2 heterocycles. The number of benzene rings is 1. The molecular formula is C17H15ClFIN4O2S. The highest BCUT2D eigenvalue weighted by atomic mass is 127. The second-order valence-corrected chi connectivity index (χ2v) is 9.97. The Labute approximate surface area is 174 Å². The van der Waals surface area contributed by atoms with Crippen LogP contribution in [0.2, 0.25) is 5.02 Å². The van der Waals surface area contributed by atoms with E-state index in [4.69, 9.17) is 11.6 Å². The van der Waals surface area contributed by atoms with Crippen LogP contribution in [0.25, 0.3) is 5.52 Å². The number of sulfonamides is 1. The van der Waals surface area contributed by atoms with Crippen LogP contribution in [0.4, 0.5) is 21.5 Å². The van der Waals surface area contributed by atoms with Gasteiger partial charge in [-0.15, -0.1) is 0 Å². The first-order valence-corrected chi connectivity index (χ1v) is 11.2. The second-order valence-electron chi connectivity index (χ2n) is 6.39. The van der Waals surface area contributed by atoms with Crippen LogP contribution in [0.3, 0.4) is 0 Å². The number of anilines is 3. The normalized spacial score (nSPS) is 14.5. The third kappa shape index (κ3) is 3.59. The lowest BCUT2D eigenvalue weighted by Gasteiger charge is -2.17. The van der Waals surface area contributed by atoms with E-state index in [0.717, 1.165) is 3.57 Å². The third-order valence-electron chi connectivity index (χ3n) is 4.36. The number of rotatable bonds is 5. The van der Waals surface area contributed by atoms with Crippen LogP contribution >= 0.6 is 34.2 Å². The highest BCUT2D eigenvalue weighted by molar-refractivity contribution is 14.1. The number of nitrogens with one attached hydrogen (secondary N) is 2. The van der Waals surface area contributed by atoms with Crippen molar-refractivity contribution in [3.05, 3.63) is 50.8 Å². The molecule has 1 saturated carbocycles. The van der Waals surface area contributed by atoms with Crippen molar-refractivity contribution < 1.29 is 12.8 Å². The standard InChI is InChI=1S/C17H15ClFIN4O2S/c1-9-21-7-15-16(18)17(22-13-5-2-10(20)6-12(13)19)14(8-24(9)15)23-27(25,26)11-3-4-11/h2,5-8,11,22-23H,3-4H2,1H3. The lowest BCUT2D eigenvalue weighted by molar-refractivity contribution is 0.600. The Balaban J connectivity index is 1.85. The molecule has 0 bridgehead atoms. The fourth-order valence-corrected chi connectivity index (χ4v) is 4.89. The molecule has 0 saturated heterocycles. The molecule has 142 valence electrons. The van der Waals surface area contributed by atoms with Gasteiger partial charge >= 0.3 is 0 Å². The maximum Gasteiger partial charge on any atom is 0.235 e. The molecule has 0 spiro atoms. The molecule has 2 N–H and O–H groups in total. The van der Waals surface area contributed by atoms with E-state index in [9.17, 15) is 12.8 Å². The van der Waals surface area contributed by atoms with Crippen molar-refractivity contribution >= 4 is 66.8 Å². The van der Waals surface area contributed by atoms with Crippen molar-refractivity contribution in [1.82, 2.24) is 9.38 Å². The largest absolute Gasteiger partial charge is 0.350 e. The minimum atomic E-state index is -3.53. The van der Waals surface area contributed by atoms with E-state index >= 15 is 0 Å². The molecule has 27 heavy (non-hydrogen) atoms. The summed E-state index contributed by atoms with van der Waals surface area (Å²) in [6.07, 6.45) is 4.45. The number of aryl methyl sites for hydroxylation is 1. The third-order valence-corrected chi connectivity index (χ3v) is 7.27. The minimum Gasteiger partial charge on any atom is -0.350 e. The van der Waals surface area contributed by atoms with E-state index in [1.807, 2.05) is 22.6 Å². The maximum absolute atomic E-state index is 14.3. The zero-order valence-electron chi connectivity index (χ0n) is 14.1. The summed E-state index contributed by atoms with van der Waals surface area (Å²) in [6.45, 7) is 1.79. The fourth-order valence-electron chi connectivity index (χ4n) is 2.76. The van der Waals surface area contributed by atoms with Gasteiger partial charge in [0.2, 0.25) is 10.0 Å². The van der Waals surface area contributed by atoms with E-state index in [2.05, 4.69) is 15.0 Å². The van der Waals surface area contributed by atoms with Crippen LogP contribution in [-0.2, 0) is 10.0 Å². The van der Waals surface area contributed by atoms with Gasteiger partial charge in [0.1, 0.15) is 11.6 Å². The molecule has 0 unspecified atom stereocenters. The summed E-state index contributed by atoms with van der Waals surface area (Å²) in [7, 11) is -3.53. The number of imidazole rings is 1. The first-order chi connectivity index (χ1) is 12.8. The Morgan fingerprint density at radius 2 is 2.07 bits per heavy atom. The summed E-state index contributed by atoms with van der Waals surface area (Å²) in [5.41, 5.74) is 1.33. The molecule has 0 atom stereocenters. The SMILES string of the molecule is Cc1ncc2c(Cl)c(Nc3ccc(I)cc3F)c(NS(=O)(=O)C3CC3)cn12. The van der Waals surface area contributed by atoms with E-state index in [0.29, 0.717) is 24.2 Å². The monoisotopic (exact) mass is 520 g/mol. The quantitative estimate of drug-likeness (QED) is 0.479. The van der Waals surface area contributed by atoms with Gasteiger partial charge in [-0.25, -0.2) is 17.8 Å². The van der Waals surface area contributed by atoms with Crippen molar-refractivity contribution in [3.63, 3.8) is 0 Å². The topological polar surface area (TPSA) is 75.5 Å². The highest BCUT2D eigenvalue weighted by Crippen LogP contribution is 2.39.